The highest BCUT2D eigenvalue weighted by Gasteiger charge is 2.74. The Morgan fingerprint density at radius 2 is 0.811 bits per heavy atom. The van der Waals surface area contributed by atoms with Crippen LogP contribution in [-0.2, 0) is 57.1 Å². The van der Waals surface area contributed by atoms with Crippen molar-refractivity contribution in [1.82, 2.24) is 0 Å². The molecule has 0 amide bonds. The Morgan fingerprint density at radius 1 is 0.453 bits per heavy atom. The Balaban J connectivity index is 6.64. The van der Waals surface area contributed by atoms with Crippen LogP contribution in [0.15, 0.2) is 50.6 Å². The van der Waals surface area contributed by atoms with Gasteiger partial charge in [-0.1, -0.05) is 26.3 Å². The van der Waals surface area contributed by atoms with Crippen molar-refractivity contribution >= 4 is 23.9 Å². The molecular formula is C31H38F10O12. The molecule has 0 aliphatic rings. The van der Waals surface area contributed by atoms with Crippen LogP contribution in [0.4, 0.5) is 43.9 Å². The summed E-state index contributed by atoms with van der Waals surface area (Å²) in [6, 6.07) is 0. The van der Waals surface area contributed by atoms with E-state index < -0.39 is 145 Å². The molecule has 304 valence electrons. The van der Waals surface area contributed by atoms with Crippen LogP contribution in [-0.4, -0.2) is 107 Å². The highest BCUT2D eigenvalue weighted by molar-refractivity contribution is 5.82. The van der Waals surface area contributed by atoms with Crippen molar-refractivity contribution < 1.29 is 101 Å². The second kappa shape index (κ2) is 22.3. The van der Waals surface area contributed by atoms with Gasteiger partial charge in [0, 0.05) is 50.4 Å². The van der Waals surface area contributed by atoms with Crippen molar-refractivity contribution in [2.75, 3.05) is 52.9 Å². The number of hydrogen-bond acceptors (Lipinski definition) is 12. The molecule has 0 aromatic carbocycles. The first-order valence-electron chi connectivity index (χ1n) is 15.1. The summed E-state index contributed by atoms with van der Waals surface area (Å²) in [5.41, 5.74) is -4.82. The predicted molar refractivity (Wildman–Crippen MR) is 159 cm³/mol. The van der Waals surface area contributed by atoms with Crippen molar-refractivity contribution in [1.29, 1.82) is 0 Å². The molecule has 12 nitrogen and oxygen atoms in total. The number of carbonyl (C=O) groups is 4. The quantitative estimate of drug-likeness (QED) is 0.0281. The number of alkyl halides is 10. The van der Waals surface area contributed by atoms with Crippen molar-refractivity contribution in [2.45, 2.75) is 62.5 Å². The molecule has 0 N–H and O–H groups in total. The zero-order valence-electron chi connectivity index (χ0n) is 28.0. The van der Waals surface area contributed by atoms with Crippen molar-refractivity contribution in [3.63, 3.8) is 0 Å². The summed E-state index contributed by atoms with van der Waals surface area (Å²) >= 11 is 0. The Labute approximate surface area is 296 Å². The van der Waals surface area contributed by atoms with Gasteiger partial charge in [-0.05, 0) is 6.42 Å². The number of ether oxygens (including phenoxy) is 8. The number of rotatable bonds is 30. The molecule has 0 aromatic heterocycles. The van der Waals surface area contributed by atoms with E-state index in [2.05, 4.69) is 54.7 Å². The van der Waals surface area contributed by atoms with Gasteiger partial charge in [0.2, 0.25) is 0 Å². The number of carbonyl (C=O) groups excluding carboxylic acids is 4. The summed E-state index contributed by atoms with van der Waals surface area (Å²) in [4.78, 5) is 44.6. The molecule has 0 aromatic rings. The molecule has 0 unspecified atom stereocenters. The largest absolute Gasteiger partial charge is 0.462 e. The molecule has 0 saturated carbocycles. The third kappa shape index (κ3) is 18.5. The molecule has 0 fully saturated rings. The van der Waals surface area contributed by atoms with Crippen LogP contribution >= 0.6 is 0 Å². The smallest absolute Gasteiger partial charge is 0.378 e. The van der Waals surface area contributed by atoms with E-state index in [1.807, 2.05) is 0 Å². The van der Waals surface area contributed by atoms with E-state index in [9.17, 15) is 45.5 Å². The third-order valence-corrected chi connectivity index (χ3v) is 6.24. The summed E-state index contributed by atoms with van der Waals surface area (Å²) in [6.07, 6.45) is -26.3. The molecule has 0 heterocycles. The summed E-state index contributed by atoms with van der Waals surface area (Å²) in [6.45, 7) is 0.828. The lowest BCUT2D eigenvalue weighted by atomic mass is 9.86. The molecular weight excluding hydrogens is 754 g/mol. The number of esters is 4. The minimum atomic E-state index is -5.99. The average Bonchev–Trinajstić information content (AvgIpc) is 3.05. The van der Waals surface area contributed by atoms with Gasteiger partial charge in [0.15, 0.2) is 12.0 Å². The van der Waals surface area contributed by atoms with E-state index in [1.54, 1.807) is 0 Å². The molecule has 0 bridgehead atoms. The fourth-order valence-corrected chi connectivity index (χ4v) is 3.50. The Morgan fingerprint density at radius 3 is 1.21 bits per heavy atom. The molecule has 0 aliphatic carbocycles. The lowest BCUT2D eigenvalue weighted by Crippen LogP contribution is -2.64. The summed E-state index contributed by atoms with van der Waals surface area (Å²) in [5, 5.41) is 0. The fraction of sp³-hybridized carbons (Fsp3) is 0.613. The Bertz CT molecular complexity index is 1190. The van der Waals surface area contributed by atoms with Crippen LogP contribution in [0.2, 0.25) is 0 Å². The minimum absolute atomic E-state index is 0.434. The summed E-state index contributed by atoms with van der Waals surface area (Å²) < 4.78 is 184. The highest BCUT2D eigenvalue weighted by Crippen LogP contribution is 2.54. The van der Waals surface area contributed by atoms with Gasteiger partial charge in [0.1, 0.15) is 0 Å². The van der Waals surface area contributed by atoms with Gasteiger partial charge in [-0.25, -0.2) is 28.0 Å². The molecule has 0 saturated heterocycles. The van der Waals surface area contributed by atoms with E-state index in [0.717, 1.165) is 6.08 Å². The minimum Gasteiger partial charge on any atom is -0.462 e. The maximum Gasteiger partial charge on any atom is 0.378 e. The van der Waals surface area contributed by atoms with Gasteiger partial charge in [-0.3, -0.25) is 9.47 Å². The molecule has 0 radical (unpaired) electrons. The first-order valence-corrected chi connectivity index (χ1v) is 15.1. The maximum absolute atomic E-state index is 15.9. The normalized spacial score (nSPS) is 12.7. The molecule has 0 atom stereocenters. The van der Waals surface area contributed by atoms with E-state index in [4.69, 9.17) is 9.47 Å². The second-order valence-corrected chi connectivity index (χ2v) is 10.4. The standard InChI is InChI=1S/C31H38F10O12/c1-5-22(42)48-16-10-15-47-20-26(19-46-14-9-11-27(32,33)21-51-25(45)8-4,30(38,39)52-28(34,35)12-17-49-23(43)6-2)31(40,41)53-29(36,37)13-18-50-24(44)7-3/h5-8H,1-4,9-21H2. The monoisotopic (exact) mass is 792 g/mol. The summed E-state index contributed by atoms with van der Waals surface area (Å²) in [7, 11) is 0. The van der Waals surface area contributed by atoms with Crippen LogP contribution in [0, 0.1) is 5.41 Å². The van der Waals surface area contributed by atoms with Crippen LogP contribution in [0.5, 0.6) is 0 Å². The van der Waals surface area contributed by atoms with E-state index in [-0.39, 0.29) is 0 Å². The molecule has 0 aliphatic heterocycles. The first kappa shape index (κ1) is 49.0. The van der Waals surface area contributed by atoms with Crippen LogP contribution in [0.1, 0.15) is 32.1 Å². The highest BCUT2D eigenvalue weighted by atomic mass is 19.3. The fourth-order valence-electron chi connectivity index (χ4n) is 3.50. The van der Waals surface area contributed by atoms with Crippen molar-refractivity contribution in [2.24, 2.45) is 5.41 Å². The molecule has 0 spiro atoms. The van der Waals surface area contributed by atoms with Crippen LogP contribution < -0.4 is 0 Å². The van der Waals surface area contributed by atoms with Crippen molar-refractivity contribution in [3.8, 4) is 0 Å². The van der Waals surface area contributed by atoms with E-state index in [1.165, 1.54) is 0 Å². The van der Waals surface area contributed by atoms with Gasteiger partial charge in [0.25, 0.3) is 5.92 Å². The first-order chi connectivity index (χ1) is 24.4. The van der Waals surface area contributed by atoms with Gasteiger partial charge in [0.05, 0.1) is 45.9 Å². The zero-order chi connectivity index (χ0) is 41.0. The van der Waals surface area contributed by atoms with Gasteiger partial charge >= 0.3 is 48.3 Å². The van der Waals surface area contributed by atoms with Gasteiger partial charge in [-0.15, -0.1) is 0 Å². The lowest BCUT2D eigenvalue weighted by molar-refractivity contribution is -0.497. The van der Waals surface area contributed by atoms with Crippen LogP contribution in [0.3, 0.4) is 0 Å². The predicted octanol–water partition coefficient (Wildman–Crippen LogP) is 5.91. The van der Waals surface area contributed by atoms with Gasteiger partial charge in [-0.2, -0.15) is 35.1 Å². The van der Waals surface area contributed by atoms with Crippen molar-refractivity contribution in [3.05, 3.63) is 50.6 Å². The van der Waals surface area contributed by atoms with E-state index in [0.29, 0.717) is 18.2 Å². The molecule has 22 heteroatoms. The Hall–Kier alpha value is -4.02. The van der Waals surface area contributed by atoms with Crippen LogP contribution in [0.25, 0.3) is 0 Å². The summed E-state index contributed by atoms with van der Waals surface area (Å²) in [5.74, 6) is -8.59. The lowest BCUT2D eigenvalue weighted by Gasteiger charge is -2.44. The topological polar surface area (TPSA) is 142 Å². The van der Waals surface area contributed by atoms with E-state index >= 15 is 17.6 Å². The van der Waals surface area contributed by atoms with Gasteiger partial charge < -0.3 is 28.4 Å². The molecule has 0 rings (SSSR count). The maximum atomic E-state index is 15.9. The number of hydrogen-bond donors (Lipinski definition) is 0. The SMILES string of the molecule is C=CC(=O)OCCCOCC(COCCCC(F)(F)COC(=O)C=C)(C(F)(F)OC(F)(F)CCOC(=O)C=C)C(F)(F)OC(F)(F)CCOC(=O)C=C. The number of halogens is 10. The third-order valence-electron chi connectivity index (χ3n) is 6.24. The second-order valence-electron chi connectivity index (χ2n) is 10.4. The zero-order valence-corrected chi connectivity index (χ0v) is 28.0. The average molecular weight is 793 g/mol. The Kier molecular flexibility index (Phi) is 20.6. The molecule has 53 heavy (non-hydrogen) atoms.